The number of hydrogen-bond donors (Lipinski definition) is 1. The summed E-state index contributed by atoms with van der Waals surface area (Å²) in [6.45, 7) is 3.33. The van der Waals surface area contributed by atoms with Gasteiger partial charge in [-0.3, -0.25) is 9.59 Å². The molecular weight excluding hydrogens is 438 g/mol. The van der Waals surface area contributed by atoms with Gasteiger partial charge in [0.15, 0.2) is 0 Å². The molecule has 2 aromatic rings. The Labute approximate surface area is 189 Å². The average molecular weight is 466 g/mol. The Balaban J connectivity index is 2.32. The van der Waals surface area contributed by atoms with Crippen molar-refractivity contribution in [3.05, 3.63) is 64.7 Å². The third-order valence-corrected chi connectivity index (χ3v) is 7.20. The summed E-state index contributed by atoms with van der Waals surface area (Å²) in [5, 5.41) is 3.03. The SMILES string of the molecule is CC[C@H](C(=O)NC)N(Cc1ccccc1Cl)C(=O)CN(C)S(=O)(=O)c1ccc(C)cc1. The third kappa shape index (κ3) is 6.06. The first-order valence-electron chi connectivity index (χ1n) is 9.89. The molecule has 0 saturated carbocycles. The average Bonchev–Trinajstić information content (AvgIpc) is 2.74. The zero-order valence-corrected chi connectivity index (χ0v) is 19.7. The molecule has 0 saturated heterocycles. The van der Waals surface area contributed by atoms with Crippen molar-refractivity contribution >= 4 is 33.4 Å². The number of aryl methyl sites for hydroxylation is 1. The molecule has 1 atom stereocenters. The summed E-state index contributed by atoms with van der Waals surface area (Å²) >= 11 is 6.26. The second-order valence-corrected chi connectivity index (χ2v) is 9.68. The van der Waals surface area contributed by atoms with Crippen LogP contribution in [0.1, 0.15) is 24.5 Å². The molecule has 168 valence electrons. The summed E-state index contributed by atoms with van der Waals surface area (Å²) in [7, 11) is -1.02. The van der Waals surface area contributed by atoms with Gasteiger partial charge in [0.05, 0.1) is 11.4 Å². The van der Waals surface area contributed by atoms with Crippen LogP contribution < -0.4 is 5.32 Å². The number of hydrogen-bond acceptors (Lipinski definition) is 4. The molecule has 0 radical (unpaired) electrons. The van der Waals surface area contributed by atoms with E-state index in [1.807, 2.05) is 6.92 Å². The lowest BCUT2D eigenvalue weighted by Crippen LogP contribution is -2.51. The maximum atomic E-state index is 13.2. The number of halogens is 1. The number of nitrogens with zero attached hydrogens (tertiary/aromatic N) is 2. The fourth-order valence-electron chi connectivity index (χ4n) is 3.15. The van der Waals surface area contributed by atoms with Gasteiger partial charge in [0.2, 0.25) is 21.8 Å². The summed E-state index contributed by atoms with van der Waals surface area (Å²) < 4.78 is 26.8. The Morgan fingerprint density at radius 3 is 2.26 bits per heavy atom. The van der Waals surface area contributed by atoms with Gasteiger partial charge in [0.1, 0.15) is 6.04 Å². The van der Waals surface area contributed by atoms with Crippen molar-refractivity contribution in [3.63, 3.8) is 0 Å². The number of carbonyl (C=O) groups excluding carboxylic acids is 2. The Bertz CT molecular complexity index is 1030. The number of carbonyl (C=O) groups is 2. The molecule has 0 aliphatic rings. The number of nitrogens with one attached hydrogen (secondary N) is 1. The second kappa shape index (κ2) is 10.7. The molecule has 0 unspecified atom stereocenters. The fraction of sp³-hybridized carbons (Fsp3) is 0.364. The predicted molar refractivity (Wildman–Crippen MR) is 121 cm³/mol. The molecule has 31 heavy (non-hydrogen) atoms. The highest BCUT2D eigenvalue weighted by Gasteiger charge is 2.31. The van der Waals surface area contributed by atoms with E-state index >= 15 is 0 Å². The Morgan fingerprint density at radius 2 is 1.71 bits per heavy atom. The highest BCUT2D eigenvalue weighted by Crippen LogP contribution is 2.21. The minimum absolute atomic E-state index is 0.0862. The number of sulfonamides is 1. The highest BCUT2D eigenvalue weighted by molar-refractivity contribution is 7.89. The monoisotopic (exact) mass is 465 g/mol. The molecule has 0 aliphatic heterocycles. The summed E-state index contributed by atoms with van der Waals surface area (Å²) in [5.41, 5.74) is 1.60. The van der Waals surface area contributed by atoms with Gasteiger partial charge < -0.3 is 10.2 Å². The first-order chi connectivity index (χ1) is 14.6. The summed E-state index contributed by atoms with van der Waals surface area (Å²) in [6.07, 6.45) is 0.365. The van der Waals surface area contributed by atoms with Gasteiger partial charge in [-0.25, -0.2) is 8.42 Å². The molecule has 7 nitrogen and oxygen atoms in total. The van der Waals surface area contributed by atoms with Crippen LogP contribution in [0, 0.1) is 6.92 Å². The van der Waals surface area contributed by atoms with Crippen LogP contribution in [0.15, 0.2) is 53.4 Å². The van der Waals surface area contributed by atoms with Gasteiger partial charge in [-0.05, 0) is 37.1 Å². The van der Waals surface area contributed by atoms with Crippen molar-refractivity contribution in [1.29, 1.82) is 0 Å². The summed E-state index contributed by atoms with van der Waals surface area (Å²) in [4.78, 5) is 27.1. The van der Waals surface area contributed by atoms with Crippen LogP contribution in [0.5, 0.6) is 0 Å². The van der Waals surface area contributed by atoms with Crippen LogP contribution in [0.2, 0.25) is 5.02 Å². The molecule has 0 heterocycles. The number of likely N-dealkylation sites (N-methyl/N-ethyl adjacent to an activating group) is 2. The maximum Gasteiger partial charge on any atom is 0.243 e. The quantitative estimate of drug-likeness (QED) is 0.617. The lowest BCUT2D eigenvalue weighted by Gasteiger charge is -2.31. The van der Waals surface area contributed by atoms with E-state index in [4.69, 9.17) is 11.6 Å². The van der Waals surface area contributed by atoms with Crippen molar-refractivity contribution in [3.8, 4) is 0 Å². The van der Waals surface area contributed by atoms with Gasteiger partial charge in [0, 0.05) is 25.7 Å². The molecule has 0 aliphatic carbocycles. The molecule has 0 aromatic heterocycles. The minimum Gasteiger partial charge on any atom is -0.357 e. The van der Waals surface area contributed by atoms with Crippen LogP contribution in [0.3, 0.4) is 0 Å². The van der Waals surface area contributed by atoms with E-state index in [0.29, 0.717) is 17.0 Å². The van der Waals surface area contributed by atoms with Gasteiger partial charge in [-0.1, -0.05) is 54.4 Å². The molecule has 0 spiro atoms. The van der Waals surface area contributed by atoms with E-state index < -0.39 is 28.5 Å². The zero-order chi connectivity index (χ0) is 23.2. The number of benzene rings is 2. The Kier molecular flexibility index (Phi) is 8.61. The van der Waals surface area contributed by atoms with Crippen molar-refractivity contribution in [2.75, 3.05) is 20.6 Å². The van der Waals surface area contributed by atoms with E-state index in [2.05, 4.69) is 5.32 Å². The van der Waals surface area contributed by atoms with Crippen molar-refractivity contribution < 1.29 is 18.0 Å². The lowest BCUT2D eigenvalue weighted by atomic mass is 10.1. The molecule has 0 fully saturated rings. The summed E-state index contributed by atoms with van der Waals surface area (Å²) in [6, 6.07) is 12.7. The highest BCUT2D eigenvalue weighted by atomic mass is 35.5. The van der Waals surface area contributed by atoms with Crippen LogP contribution in [0.25, 0.3) is 0 Å². The van der Waals surface area contributed by atoms with Crippen LogP contribution in [0.4, 0.5) is 0 Å². The van der Waals surface area contributed by atoms with Gasteiger partial charge >= 0.3 is 0 Å². The maximum absolute atomic E-state index is 13.2. The molecular formula is C22H28ClN3O4S. The summed E-state index contributed by atoms with van der Waals surface area (Å²) in [5.74, 6) is -0.819. The van der Waals surface area contributed by atoms with Crippen LogP contribution >= 0.6 is 11.6 Å². The largest absolute Gasteiger partial charge is 0.357 e. The topological polar surface area (TPSA) is 86.8 Å². The molecule has 2 rings (SSSR count). The van der Waals surface area contributed by atoms with Gasteiger partial charge in [-0.15, -0.1) is 0 Å². The van der Waals surface area contributed by atoms with E-state index in [1.54, 1.807) is 43.3 Å². The van der Waals surface area contributed by atoms with Gasteiger partial charge in [0.25, 0.3) is 0 Å². The molecule has 1 N–H and O–H groups in total. The lowest BCUT2D eigenvalue weighted by molar-refractivity contribution is -0.141. The predicted octanol–water partition coefficient (Wildman–Crippen LogP) is 2.82. The molecule has 2 amide bonds. The van der Waals surface area contributed by atoms with E-state index in [-0.39, 0.29) is 17.3 Å². The minimum atomic E-state index is -3.86. The standard InChI is InChI=1S/C22H28ClN3O4S/c1-5-20(22(28)24-3)26(14-17-8-6-7-9-19(17)23)21(27)15-25(4)31(29,30)18-12-10-16(2)11-13-18/h6-13,20H,5,14-15H2,1-4H3,(H,24,28)/t20-/m1/s1. The van der Waals surface area contributed by atoms with E-state index in [9.17, 15) is 18.0 Å². The normalized spacial score (nSPS) is 12.5. The van der Waals surface area contributed by atoms with Crippen molar-refractivity contribution in [2.24, 2.45) is 0 Å². The Morgan fingerprint density at radius 1 is 1.10 bits per heavy atom. The van der Waals surface area contributed by atoms with Crippen molar-refractivity contribution in [1.82, 2.24) is 14.5 Å². The molecule has 2 aromatic carbocycles. The zero-order valence-electron chi connectivity index (χ0n) is 18.1. The number of amides is 2. The first kappa shape index (κ1) is 24.8. The third-order valence-electron chi connectivity index (χ3n) is 5.02. The van der Waals surface area contributed by atoms with Crippen LogP contribution in [-0.4, -0.2) is 56.1 Å². The van der Waals surface area contributed by atoms with Gasteiger partial charge in [-0.2, -0.15) is 4.31 Å². The van der Waals surface area contributed by atoms with E-state index in [0.717, 1.165) is 9.87 Å². The molecule has 9 heteroatoms. The second-order valence-electron chi connectivity index (χ2n) is 7.23. The Hall–Kier alpha value is -2.42. The smallest absolute Gasteiger partial charge is 0.243 e. The number of rotatable bonds is 9. The molecule has 0 bridgehead atoms. The first-order valence-corrected chi connectivity index (χ1v) is 11.7. The van der Waals surface area contributed by atoms with Crippen LogP contribution in [-0.2, 0) is 26.2 Å². The fourth-order valence-corrected chi connectivity index (χ4v) is 4.47. The van der Waals surface area contributed by atoms with Crippen molar-refractivity contribution in [2.45, 2.75) is 37.8 Å². The van der Waals surface area contributed by atoms with E-state index in [1.165, 1.54) is 31.1 Å².